The van der Waals surface area contributed by atoms with Crippen molar-refractivity contribution >= 4 is 11.6 Å². The number of hydrogen-bond donors (Lipinski definition) is 1. The highest BCUT2D eigenvalue weighted by molar-refractivity contribution is 5.47. The summed E-state index contributed by atoms with van der Waals surface area (Å²) in [6.07, 6.45) is 5.12. The van der Waals surface area contributed by atoms with Gasteiger partial charge in [-0.2, -0.15) is 0 Å². The van der Waals surface area contributed by atoms with Gasteiger partial charge in [-0.25, -0.2) is 9.97 Å². The van der Waals surface area contributed by atoms with Gasteiger partial charge in [0, 0.05) is 25.1 Å². The Kier molecular flexibility index (Phi) is 4.27. The number of nitrogen functional groups attached to an aromatic ring is 1. The molecule has 4 heteroatoms. The predicted octanol–water partition coefficient (Wildman–Crippen LogP) is 3.20. The fourth-order valence-corrected chi connectivity index (χ4v) is 2.73. The van der Waals surface area contributed by atoms with E-state index < -0.39 is 0 Å². The van der Waals surface area contributed by atoms with Crippen LogP contribution in [0.1, 0.15) is 58.2 Å². The standard InChI is InChI=1S/C15H26N4/c1-10(2)15-17-13(16)9-14(18-15)19(4)12-7-5-11(3)6-8-12/h9-12H,5-8H2,1-4H3,(H2,16,17,18). The molecule has 0 aliphatic heterocycles. The van der Waals surface area contributed by atoms with E-state index in [-0.39, 0.29) is 0 Å². The van der Waals surface area contributed by atoms with Crippen LogP contribution < -0.4 is 10.6 Å². The number of hydrogen-bond acceptors (Lipinski definition) is 4. The van der Waals surface area contributed by atoms with Crippen LogP contribution in [0, 0.1) is 5.92 Å². The van der Waals surface area contributed by atoms with Crippen LogP contribution in [0.5, 0.6) is 0 Å². The molecular weight excluding hydrogens is 236 g/mol. The van der Waals surface area contributed by atoms with Crippen molar-refractivity contribution in [1.82, 2.24) is 9.97 Å². The summed E-state index contributed by atoms with van der Waals surface area (Å²) >= 11 is 0. The third-order valence-corrected chi connectivity index (χ3v) is 4.16. The second-order valence-electron chi connectivity index (χ2n) is 6.19. The van der Waals surface area contributed by atoms with Crippen molar-refractivity contribution in [3.8, 4) is 0 Å². The van der Waals surface area contributed by atoms with E-state index in [1.54, 1.807) is 0 Å². The quantitative estimate of drug-likeness (QED) is 0.909. The van der Waals surface area contributed by atoms with E-state index in [9.17, 15) is 0 Å². The molecule has 1 heterocycles. The zero-order chi connectivity index (χ0) is 14.0. The van der Waals surface area contributed by atoms with Crippen molar-refractivity contribution in [2.24, 2.45) is 5.92 Å². The van der Waals surface area contributed by atoms with Crippen molar-refractivity contribution in [2.45, 2.75) is 58.4 Å². The molecule has 1 aliphatic rings. The molecule has 0 saturated heterocycles. The van der Waals surface area contributed by atoms with Crippen LogP contribution in [0.25, 0.3) is 0 Å². The molecule has 1 saturated carbocycles. The summed E-state index contributed by atoms with van der Waals surface area (Å²) in [5.74, 6) is 3.56. The van der Waals surface area contributed by atoms with Crippen LogP contribution >= 0.6 is 0 Å². The van der Waals surface area contributed by atoms with Gasteiger partial charge in [-0.1, -0.05) is 20.8 Å². The van der Waals surface area contributed by atoms with Gasteiger partial charge in [0.1, 0.15) is 17.5 Å². The number of nitrogens with two attached hydrogens (primary N) is 1. The number of rotatable bonds is 3. The first kappa shape index (κ1) is 14.1. The minimum absolute atomic E-state index is 0.307. The van der Waals surface area contributed by atoms with Gasteiger partial charge >= 0.3 is 0 Å². The second-order valence-corrected chi connectivity index (χ2v) is 6.19. The van der Waals surface area contributed by atoms with Gasteiger partial charge in [0.15, 0.2) is 0 Å². The Morgan fingerprint density at radius 1 is 1.21 bits per heavy atom. The molecule has 2 N–H and O–H groups in total. The van der Waals surface area contributed by atoms with Crippen molar-refractivity contribution in [2.75, 3.05) is 17.7 Å². The zero-order valence-electron chi connectivity index (χ0n) is 12.6. The molecular formula is C15H26N4. The molecule has 0 bridgehead atoms. The highest BCUT2D eigenvalue weighted by Crippen LogP contribution is 2.29. The molecule has 0 atom stereocenters. The third kappa shape index (κ3) is 3.37. The Morgan fingerprint density at radius 3 is 2.42 bits per heavy atom. The molecule has 0 radical (unpaired) electrons. The smallest absolute Gasteiger partial charge is 0.135 e. The van der Waals surface area contributed by atoms with E-state index in [4.69, 9.17) is 5.73 Å². The SMILES string of the molecule is CC1CCC(N(C)c2cc(N)nc(C(C)C)n2)CC1. The molecule has 106 valence electrons. The van der Waals surface area contributed by atoms with E-state index in [1.165, 1.54) is 25.7 Å². The molecule has 1 aromatic heterocycles. The molecule has 1 aliphatic carbocycles. The number of aromatic nitrogens is 2. The molecule has 1 fully saturated rings. The van der Waals surface area contributed by atoms with Gasteiger partial charge in [0.05, 0.1) is 0 Å². The fourth-order valence-electron chi connectivity index (χ4n) is 2.73. The van der Waals surface area contributed by atoms with Gasteiger partial charge in [0.2, 0.25) is 0 Å². The highest BCUT2D eigenvalue weighted by Gasteiger charge is 2.23. The van der Waals surface area contributed by atoms with Crippen LogP contribution in [-0.4, -0.2) is 23.1 Å². The number of anilines is 2. The Morgan fingerprint density at radius 2 is 1.84 bits per heavy atom. The van der Waals surface area contributed by atoms with Gasteiger partial charge in [0.25, 0.3) is 0 Å². The Bertz CT molecular complexity index is 422. The van der Waals surface area contributed by atoms with Crippen LogP contribution in [0.15, 0.2) is 6.07 Å². The lowest BCUT2D eigenvalue weighted by molar-refractivity contribution is 0.340. The van der Waals surface area contributed by atoms with Gasteiger partial charge in [-0.05, 0) is 31.6 Å². The maximum absolute atomic E-state index is 5.91. The van der Waals surface area contributed by atoms with Crippen LogP contribution in [0.4, 0.5) is 11.6 Å². The van der Waals surface area contributed by atoms with E-state index in [0.717, 1.165) is 17.6 Å². The lowest BCUT2D eigenvalue weighted by Gasteiger charge is -2.34. The summed E-state index contributed by atoms with van der Waals surface area (Å²) in [6, 6.07) is 2.48. The lowest BCUT2D eigenvalue weighted by atomic mass is 9.87. The molecule has 0 aromatic carbocycles. The molecule has 19 heavy (non-hydrogen) atoms. The maximum Gasteiger partial charge on any atom is 0.135 e. The van der Waals surface area contributed by atoms with Crippen molar-refractivity contribution in [3.63, 3.8) is 0 Å². The molecule has 2 rings (SSSR count). The van der Waals surface area contributed by atoms with Crippen molar-refractivity contribution in [1.29, 1.82) is 0 Å². The van der Waals surface area contributed by atoms with Crippen LogP contribution in [0.3, 0.4) is 0 Å². The lowest BCUT2D eigenvalue weighted by Crippen LogP contribution is -2.35. The van der Waals surface area contributed by atoms with Gasteiger partial charge in [-0.3, -0.25) is 0 Å². The molecule has 0 unspecified atom stereocenters. The minimum atomic E-state index is 0.307. The summed E-state index contributed by atoms with van der Waals surface area (Å²) in [4.78, 5) is 11.3. The summed E-state index contributed by atoms with van der Waals surface area (Å²) in [7, 11) is 2.13. The normalized spacial score (nSPS) is 23.6. The van der Waals surface area contributed by atoms with Gasteiger partial charge in [-0.15, -0.1) is 0 Å². The summed E-state index contributed by atoms with van der Waals surface area (Å²) in [5, 5.41) is 0. The van der Waals surface area contributed by atoms with E-state index >= 15 is 0 Å². The van der Waals surface area contributed by atoms with E-state index in [1.807, 2.05) is 6.07 Å². The predicted molar refractivity (Wildman–Crippen MR) is 80.4 cm³/mol. The summed E-state index contributed by atoms with van der Waals surface area (Å²) < 4.78 is 0. The maximum atomic E-state index is 5.91. The van der Waals surface area contributed by atoms with Crippen molar-refractivity contribution in [3.05, 3.63) is 11.9 Å². The fraction of sp³-hybridized carbons (Fsp3) is 0.733. The second kappa shape index (κ2) is 5.76. The van der Waals surface area contributed by atoms with Crippen molar-refractivity contribution < 1.29 is 0 Å². The first-order chi connectivity index (χ1) is 8.97. The average Bonchev–Trinajstić information content (AvgIpc) is 2.38. The Labute approximate surface area is 116 Å². The monoisotopic (exact) mass is 262 g/mol. The molecule has 1 aromatic rings. The van der Waals surface area contributed by atoms with Gasteiger partial charge < -0.3 is 10.6 Å². The highest BCUT2D eigenvalue weighted by atomic mass is 15.2. The minimum Gasteiger partial charge on any atom is -0.384 e. The van der Waals surface area contributed by atoms with Crippen LogP contribution in [0.2, 0.25) is 0 Å². The Balaban J connectivity index is 2.16. The van der Waals surface area contributed by atoms with E-state index in [2.05, 4.69) is 42.7 Å². The zero-order valence-corrected chi connectivity index (χ0v) is 12.6. The molecule has 4 nitrogen and oxygen atoms in total. The first-order valence-electron chi connectivity index (χ1n) is 7.34. The summed E-state index contributed by atoms with van der Waals surface area (Å²) in [6.45, 7) is 6.54. The third-order valence-electron chi connectivity index (χ3n) is 4.16. The van der Waals surface area contributed by atoms with Crippen LogP contribution in [-0.2, 0) is 0 Å². The number of nitrogens with zero attached hydrogens (tertiary/aromatic N) is 3. The largest absolute Gasteiger partial charge is 0.384 e. The Hall–Kier alpha value is -1.32. The average molecular weight is 262 g/mol. The van der Waals surface area contributed by atoms with E-state index in [0.29, 0.717) is 17.8 Å². The molecule has 0 spiro atoms. The first-order valence-corrected chi connectivity index (χ1v) is 7.34. The molecule has 0 amide bonds. The summed E-state index contributed by atoms with van der Waals surface area (Å²) in [5.41, 5.74) is 5.91. The topological polar surface area (TPSA) is 55.0 Å².